The van der Waals surface area contributed by atoms with Gasteiger partial charge >= 0.3 is 0 Å². The maximum atomic E-state index is 12.9. The summed E-state index contributed by atoms with van der Waals surface area (Å²) in [6.45, 7) is 2.52. The molecule has 0 aliphatic carbocycles. The van der Waals surface area contributed by atoms with Gasteiger partial charge in [-0.05, 0) is 76.1 Å². The fourth-order valence-corrected chi connectivity index (χ4v) is 4.67. The fourth-order valence-electron chi connectivity index (χ4n) is 3.26. The lowest BCUT2D eigenvalue weighted by Crippen LogP contribution is -2.27. The summed E-state index contributed by atoms with van der Waals surface area (Å²) >= 11 is 4.46. The highest BCUT2D eigenvalue weighted by Crippen LogP contribution is 2.39. The molecule has 0 atom stereocenters. The Morgan fingerprint density at radius 3 is 2.61 bits per heavy atom. The van der Waals surface area contributed by atoms with E-state index in [1.165, 1.54) is 4.90 Å². The van der Waals surface area contributed by atoms with Gasteiger partial charge in [-0.15, -0.1) is 0 Å². The molecular weight excluding hydrogens is 504 g/mol. The van der Waals surface area contributed by atoms with Crippen LogP contribution in [0.4, 0.5) is 4.79 Å². The van der Waals surface area contributed by atoms with E-state index in [1.54, 1.807) is 25.4 Å². The van der Waals surface area contributed by atoms with E-state index < -0.39 is 0 Å². The summed E-state index contributed by atoms with van der Waals surface area (Å²) in [7, 11) is 1.55. The van der Waals surface area contributed by atoms with Gasteiger partial charge in [-0.2, -0.15) is 0 Å². The molecule has 0 bridgehead atoms. The van der Waals surface area contributed by atoms with Gasteiger partial charge in [-0.3, -0.25) is 19.5 Å². The molecule has 2 aromatic carbocycles. The minimum absolute atomic E-state index is 0.246. The number of ether oxygens (including phenoxy) is 2. The lowest BCUT2D eigenvalue weighted by Gasteiger charge is -2.14. The molecule has 1 aliphatic heterocycles. The van der Waals surface area contributed by atoms with Crippen molar-refractivity contribution in [3.63, 3.8) is 0 Å². The van der Waals surface area contributed by atoms with E-state index in [9.17, 15) is 9.59 Å². The Kier molecular flexibility index (Phi) is 7.15. The van der Waals surface area contributed by atoms with Crippen molar-refractivity contribution in [2.45, 2.75) is 20.1 Å². The molecule has 0 N–H and O–H groups in total. The molecule has 1 aliphatic rings. The number of rotatable bonds is 7. The van der Waals surface area contributed by atoms with E-state index in [2.05, 4.69) is 20.9 Å². The van der Waals surface area contributed by atoms with E-state index in [4.69, 9.17) is 9.47 Å². The average Bonchev–Trinajstić information content (AvgIpc) is 3.07. The van der Waals surface area contributed by atoms with Gasteiger partial charge in [0.1, 0.15) is 6.61 Å². The molecule has 1 aromatic heterocycles. The molecule has 1 saturated heterocycles. The number of methoxy groups -OCH3 is 1. The number of imide groups is 1. The van der Waals surface area contributed by atoms with Crippen LogP contribution in [-0.2, 0) is 17.9 Å². The number of thioether (sulfide) groups is 1. The number of nitrogens with zero attached hydrogens (tertiary/aromatic N) is 2. The van der Waals surface area contributed by atoms with Crippen LogP contribution in [0.2, 0.25) is 0 Å². The molecule has 2 heterocycles. The Morgan fingerprint density at radius 2 is 1.91 bits per heavy atom. The number of aryl methyl sites for hydroxylation is 1. The van der Waals surface area contributed by atoms with Gasteiger partial charge in [0, 0.05) is 6.20 Å². The topological polar surface area (TPSA) is 68.7 Å². The summed E-state index contributed by atoms with van der Waals surface area (Å²) < 4.78 is 12.1. The van der Waals surface area contributed by atoms with E-state index in [0.717, 1.165) is 28.6 Å². The van der Waals surface area contributed by atoms with E-state index in [1.807, 2.05) is 55.5 Å². The normalized spacial score (nSPS) is 14.8. The summed E-state index contributed by atoms with van der Waals surface area (Å²) in [5.74, 6) is 0.731. The second-order valence-electron chi connectivity index (χ2n) is 7.40. The van der Waals surface area contributed by atoms with Crippen LogP contribution in [0.5, 0.6) is 11.5 Å². The van der Waals surface area contributed by atoms with Crippen molar-refractivity contribution in [3.05, 3.63) is 92.6 Å². The van der Waals surface area contributed by atoms with Gasteiger partial charge in [-0.1, -0.05) is 35.9 Å². The number of hydrogen-bond donors (Lipinski definition) is 0. The smallest absolute Gasteiger partial charge is 0.293 e. The second kappa shape index (κ2) is 10.2. The number of pyridine rings is 1. The van der Waals surface area contributed by atoms with Crippen molar-refractivity contribution in [2.24, 2.45) is 0 Å². The lowest BCUT2D eigenvalue weighted by molar-refractivity contribution is -0.123. The molecule has 6 nitrogen and oxygen atoms in total. The molecule has 8 heteroatoms. The number of halogens is 1. The van der Waals surface area contributed by atoms with Crippen LogP contribution in [0.25, 0.3) is 6.08 Å². The molecule has 168 valence electrons. The second-order valence-corrected chi connectivity index (χ2v) is 9.24. The van der Waals surface area contributed by atoms with Gasteiger partial charge < -0.3 is 9.47 Å². The Bertz CT molecular complexity index is 1210. The number of aromatic nitrogens is 1. The first-order chi connectivity index (χ1) is 15.9. The predicted molar refractivity (Wildman–Crippen MR) is 132 cm³/mol. The molecule has 0 spiro atoms. The molecule has 4 rings (SSSR count). The summed E-state index contributed by atoms with van der Waals surface area (Å²) in [6, 6.07) is 17.0. The zero-order valence-corrected chi connectivity index (χ0v) is 20.5. The largest absolute Gasteiger partial charge is 0.493 e. The summed E-state index contributed by atoms with van der Waals surface area (Å²) in [4.78, 5) is 31.3. The number of amides is 2. The third-order valence-corrected chi connectivity index (χ3v) is 6.47. The van der Waals surface area contributed by atoms with Crippen molar-refractivity contribution in [3.8, 4) is 11.5 Å². The van der Waals surface area contributed by atoms with Crippen molar-refractivity contribution in [2.75, 3.05) is 7.11 Å². The summed E-state index contributed by atoms with van der Waals surface area (Å²) in [5.41, 5.74) is 3.53. The van der Waals surface area contributed by atoms with Crippen LogP contribution in [-0.4, -0.2) is 28.1 Å². The predicted octanol–water partition coefficient (Wildman–Crippen LogP) is 5.98. The van der Waals surface area contributed by atoms with Crippen LogP contribution < -0.4 is 9.47 Å². The van der Waals surface area contributed by atoms with Crippen LogP contribution >= 0.6 is 27.7 Å². The van der Waals surface area contributed by atoms with Crippen LogP contribution in [0, 0.1) is 6.92 Å². The monoisotopic (exact) mass is 524 g/mol. The molecular formula is C25H21BrN2O4S. The number of carbonyl (C=O) groups excluding carboxylic acids is 2. The van der Waals surface area contributed by atoms with Crippen molar-refractivity contribution >= 4 is 44.9 Å². The van der Waals surface area contributed by atoms with Gasteiger partial charge in [0.15, 0.2) is 11.5 Å². The minimum atomic E-state index is -0.309. The van der Waals surface area contributed by atoms with Gasteiger partial charge in [0.05, 0.1) is 28.7 Å². The SMILES string of the molecule is COc1cc(/C=C2\SC(=O)N(Cc3ccc(C)cc3)C2=O)cc(Br)c1OCc1ccccn1. The highest BCUT2D eigenvalue weighted by atomic mass is 79.9. The minimum Gasteiger partial charge on any atom is -0.493 e. The van der Waals surface area contributed by atoms with E-state index in [0.29, 0.717) is 26.4 Å². The molecule has 1 fully saturated rings. The fraction of sp³-hybridized carbons (Fsp3) is 0.160. The maximum absolute atomic E-state index is 12.9. The lowest BCUT2D eigenvalue weighted by atomic mass is 10.1. The Balaban J connectivity index is 1.53. The quantitative estimate of drug-likeness (QED) is 0.354. The Labute approximate surface area is 204 Å². The zero-order valence-electron chi connectivity index (χ0n) is 18.1. The summed E-state index contributed by atoms with van der Waals surface area (Å²) in [6.07, 6.45) is 3.40. The van der Waals surface area contributed by atoms with Crippen molar-refractivity contribution in [1.82, 2.24) is 9.88 Å². The first kappa shape index (κ1) is 23.1. The van der Waals surface area contributed by atoms with Crippen LogP contribution in [0.1, 0.15) is 22.4 Å². The Morgan fingerprint density at radius 1 is 1.12 bits per heavy atom. The molecule has 0 radical (unpaired) electrons. The molecule has 0 unspecified atom stereocenters. The Hall–Kier alpha value is -3.10. The van der Waals surface area contributed by atoms with Gasteiger partial charge in [0.2, 0.25) is 0 Å². The van der Waals surface area contributed by atoms with E-state index in [-0.39, 0.29) is 24.3 Å². The first-order valence-electron chi connectivity index (χ1n) is 10.2. The van der Waals surface area contributed by atoms with E-state index >= 15 is 0 Å². The molecule has 0 saturated carbocycles. The third-order valence-electron chi connectivity index (χ3n) is 4.97. The molecule has 3 aromatic rings. The highest BCUT2D eigenvalue weighted by Gasteiger charge is 2.35. The molecule has 2 amide bonds. The average molecular weight is 525 g/mol. The maximum Gasteiger partial charge on any atom is 0.293 e. The van der Waals surface area contributed by atoms with Gasteiger partial charge in [-0.25, -0.2) is 0 Å². The van der Waals surface area contributed by atoms with Crippen molar-refractivity contribution in [1.29, 1.82) is 0 Å². The number of carbonyl (C=O) groups is 2. The van der Waals surface area contributed by atoms with Crippen LogP contribution in [0.3, 0.4) is 0 Å². The number of hydrogen-bond acceptors (Lipinski definition) is 6. The zero-order chi connectivity index (χ0) is 23.4. The third kappa shape index (κ3) is 5.46. The highest BCUT2D eigenvalue weighted by molar-refractivity contribution is 9.10. The van der Waals surface area contributed by atoms with Gasteiger partial charge in [0.25, 0.3) is 11.1 Å². The van der Waals surface area contributed by atoms with Crippen LogP contribution in [0.15, 0.2) is 70.2 Å². The summed E-state index contributed by atoms with van der Waals surface area (Å²) in [5, 5.41) is -0.284. The van der Waals surface area contributed by atoms with Crippen molar-refractivity contribution < 1.29 is 19.1 Å². The first-order valence-corrected chi connectivity index (χ1v) is 11.8. The molecule has 33 heavy (non-hydrogen) atoms. The standard InChI is InChI=1S/C25H21BrN2O4S/c1-16-6-8-17(9-7-16)14-28-24(29)22(33-25(28)30)13-18-11-20(26)23(21(12-18)31-2)32-15-19-5-3-4-10-27-19/h3-13H,14-15H2,1-2H3/b22-13-. The number of benzene rings is 2.